The molecule has 1 heterocycles. The molecule has 0 aromatic heterocycles. The van der Waals surface area contributed by atoms with Gasteiger partial charge in [0.1, 0.15) is 0 Å². The molecule has 1 saturated carbocycles. The van der Waals surface area contributed by atoms with Crippen molar-refractivity contribution in [2.75, 3.05) is 33.2 Å². The second kappa shape index (κ2) is 7.53. The van der Waals surface area contributed by atoms with Crippen LogP contribution in [0.1, 0.15) is 32.6 Å². The largest absolute Gasteiger partial charge is 0.370 e. The Kier molecular flexibility index (Phi) is 6.70. The Morgan fingerprint density at radius 1 is 1.39 bits per heavy atom. The number of aliphatic imine (C=N–C) groups is 1. The lowest BCUT2D eigenvalue weighted by atomic mass is 10.0. The number of nitrogens with two attached hydrogens (primary N) is 1. The van der Waals surface area contributed by atoms with E-state index in [2.05, 4.69) is 28.8 Å². The predicted molar refractivity (Wildman–Crippen MR) is 87.5 cm³/mol. The van der Waals surface area contributed by atoms with E-state index in [4.69, 9.17) is 5.73 Å². The molecule has 1 unspecified atom stereocenters. The zero-order valence-electron chi connectivity index (χ0n) is 11.6. The van der Waals surface area contributed by atoms with E-state index in [9.17, 15) is 0 Å². The average Bonchev–Trinajstić information content (AvgIpc) is 3.12. The highest BCUT2D eigenvalue weighted by Crippen LogP contribution is 2.24. The highest BCUT2D eigenvalue weighted by Gasteiger charge is 2.27. The molecule has 0 radical (unpaired) electrons. The Balaban J connectivity index is 0.00000162. The Bertz CT molecular complexity index is 278. The van der Waals surface area contributed by atoms with Crippen LogP contribution in [-0.2, 0) is 0 Å². The van der Waals surface area contributed by atoms with Crippen LogP contribution in [0.3, 0.4) is 0 Å². The van der Waals surface area contributed by atoms with Gasteiger partial charge in [0.25, 0.3) is 0 Å². The molecule has 2 rings (SSSR count). The summed E-state index contributed by atoms with van der Waals surface area (Å²) in [6, 6.07) is 0.661. The topological polar surface area (TPSA) is 44.9 Å². The number of hydrogen-bond acceptors (Lipinski definition) is 2. The number of halogens is 1. The van der Waals surface area contributed by atoms with Gasteiger partial charge in [-0.05, 0) is 38.1 Å². The van der Waals surface area contributed by atoms with E-state index in [0.717, 1.165) is 25.0 Å². The van der Waals surface area contributed by atoms with Crippen molar-refractivity contribution in [3.8, 4) is 0 Å². The first-order valence-corrected chi connectivity index (χ1v) is 6.92. The summed E-state index contributed by atoms with van der Waals surface area (Å²) in [6.45, 7) is 6.70. The molecule has 2 N–H and O–H groups in total. The third-order valence-electron chi connectivity index (χ3n) is 3.89. The summed E-state index contributed by atoms with van der Waals surface area (Å²) in [5, 5.41) is 0. The lowest BCUT2D eigenvalue weighted by molar-refractivity contribution is 0.189. The van der Waals surface area contributed by atoms with Crippen molar-refractivity contribution < 1.29 is 0 Å². The number of rotatable bonds is 4. The highest BCUT2D eigenvalue weighted by molar-refractivity contribution is 14.0. The molecule has 2 aliphatic rings. The van der Waals surface area contributed by atoms with Crippen LogP contribution in [0.5, 0.6) is 0 Å². The van der Waals surface area contributed by atoms with E-state index >= 15 is 0 Å². The van der Waals surface area contributed by atoms with Crippen LogP contribution in [0.25, 0.3) is 0 Å². The van der Waals surface area contributed by atoms with Gasteiger partial charge in [-0.25, -0.2) is 0 Å². The number of guanidine groups is 1. The molecule has 0 aromatic carbocycles. The summed E-state index contributed by atoms with van der Waals surface area (Å²) in [7, 11) is 2.06. The summed E-state index contributed by atoms with van der Waals surface area (Å²) in [5.74, 6) is 1.57. The van der Waals surface area contributed by atoms with Gasteiger partial charge in [0, 0.05) is 26.2 Å². The minimum Gasteiger partial charge on any atom is -0.370 e. The summed E-state index contributed by atoms with van der Waals surface area (Å²) in [5.41, 5.74) is 5.96. The second-order valence-corrected chi connectivity index (χ2v) is 5.63. The van der Waals surface area contributed by atoms with Crippen molar-refractivity contribution >= 4 is 29.9 Å². The fourth-order valence-corrected chi connectivity index (χ4v) is 2.56. The normalized spacial score (nSPS) is 25.7. The Labute approximate surface area is 128 Å². The van der Waals surface area contributed by atoms with Crippen LogP contribution in [0, 0.1) is 5.92 Å². The first kappa shape index (κ1) is 16.0. The number of piperidine rings is 1. The smallest absolute Gasteiger partial charge is 0.191 e. The van der Waals surface area contributed by atoms with E-state index in [-0.39, 0.29) is 24.0 Å². The summed E-state index contributed by atoms with van der Waals surface area (Å²) in [6.07, 6.45) is 5.27. The molecule has 1 atom stereocenters. The Morgan fingerprint density at radius 3 is 2.72 bits per heavy atom. The molecule has 2 fully saturated rings. The molecule has 5 heteroatoms. The Hall–Kier alpha value is -0.0400. The van der Waals surface area contributed by atoms with Crippen LogP contribution >= 0.6 is 24.0 Å². The van der Waals surface area contributed by atoms with Crippen molar-refractivity contribution in [2.45, 2.75) is 38.6 Å². The average molecular weight is 366 g/mol. The predicted octanol–water partition coefficient (Wildman–Crippen LogP) is 1.75. The van der Waals surface area contributed by atoms with Crippen molar-refractivity contribution in [1.82, 2.24) is 9.80 Å². The fourth-order valence-electron chi connectivity index (χ4n) is 2.56. The summed E-state index contributed by atoms with van der Waals surface area (Å²) in [4.78, 5) is 9.12. The summed E-state index contributed by atoms with van der Waals surface area (Å²) >= 11 is 0. The Morgan fingerprint density at radius 2 is 2.11 bits per heavy atom. The van der Waals surface area contributed by atoms with E-state index in [1.165, 1.54) is 38.8 Å². The molecule has 106 valence electrons. The third-order valence-corrected chi connectivity index (χ3v) is 3.89. The van der Waals surface area contributed by atoms with Gasteiger partial charge in [-0.2, -0.15) is 0 Å². The molecular formula is C13H27IN4. The van der Waals surface area contributed by atoms with Gasteiger partial charge >= 0.3 is 0 Å². The zero-order valence-corrected chi connectivity index (χ0v) is 14.0. The fraction of sp³-hybridized carbons (Fsp3) is 0.923. The van der Waals surface area contributed by atoms with Crippen LogP contribution < -0.4 is 5.73 Å². The molecule has 1 aliphatic heterocycles. The van der Waals surface area contributed by atoms with Crippen molar-refractivity contribution in [3.63, 3.8) is 0 Å². The second-order valence-electron chi connectivity index (χ2n) is 5.63. The summed E-state index contributed by atoms with van der Waals surface area (Å²) < 4.78 is 0. The van der Waals surface area contributed by atoms with Gasteiger partial charge in [0.2, 0.25) is 0 Å². The SMILES string of the molecule is CC1CCCN(CCN=C(N)N(C)C2CC2)C1.I. The van der Waals surface area contributed by atoms with Gasteiger partial charge in [-0.3, -0.25) is 4.99 Å². The highest BCUT2D eigenvalue weighted by atomic mass is 127. The zero-order chi connectivity index (χ0) is 12.3. The molecule has 0 aromatic rings. The third kappa shape index (κ3) is 4.91. The maximum atomic E-state index is 5.96. The number of likely N-dealkylation sites (tertiary alicyclic amines) is 1. The van der Waals surface area contributed by atoms with Crippen molar-refractivity contribution in [3.05, 3.63) is 0 Å². The van der Waals surface area contributed by atoms with Gasteiger partial charge in [0.05, 0.1) is 6.54 Å². The maximum Gasteiger partial charge on any atom is 0.191 e. The number of nitrogens with zero attached hydrogens (tertiary/aromatic N) is 3. The van der Waals surface area contributed by atoms with E-state index in [1.54, 1.807) is 0 Å². The van der Waals surface area contributed by atoms with Crippen molar-refractivity contribution in [1.29, 1.82) is 0 Å². The van der Waals surface area contributed by atoms with Gasteiger partial charge < -0.3 is 15.5 Å². The van der Waals surface area contributed by atoms with Crippen LogP contribution in [0.15, 0.2) is 4.99 Å². The maximum absolute atomic E-state index is 5.96. The lowest BCUT2D eigenvalue weighted by Gasteiger charge is -2.30. The van der Waals surface area contributed by atoms with E-state index in [0.29, 0.717) is 6.04 Å². The minimum atomic E-state index is 0. The van der Waals surface area contributed by atoms with Crippen LogP contribution in [0.4, 0.5) is 0 Å². The van der Waals surface area contributed by atoms with Crippen LogP contribution in [0.2, 0.25) is 0 Å². The van der Waals surface area contributed by atoms with Crippen molar-refractivity contribution in [2.24, 2.45) is 16.6 Å². The molecule has 1 aliphatic carbocycles. The van der Waals surface area contributed by atoms with E-state index in [1.807, 2.05) is 0 Å². The quantitative estimate of drug-likeness (QED) is 0.468. The van der Waals surface area contributed by atoms with Crippen LogP contribution in [-0.4, -0.2) is 55.0 Å². The molecule has 1 saturated heterocycles. The molecular weight excluding hydrogens is 339 g/mol. The molecule has 0 spiro atoms. The molecule has 4 nitrogen and oxygen atoms in total. The standard InChI is InChI=1S/C13H26N4.HI/c1-11-4-3-8-17(10-11)9-7-15-13(14)16(2)12-5-6-12;/h11-12H,3-10H2,1-2H3,(H2,14,15);1H. The monoisotopic (exact) mass is 366 g/mol. The first-order valence-electron chi connectivity index (χ1n) is 6.92. The number of hydrogen-bond donors (Lipinski definition) is 1. The first-order chi connectivity index (χ1) is 8.16. The molecule has 0 amide bonds. The lowest BCUT2D eigenvalue weighted by Crippen LogP contribution is -2.38. The molecule has 0 bridgehead atoms. The minimum absolute atomic E-state index is 0. The van der Waals surface area contributed by atoms with Gasteiger partial charge in [-0.15, -0.1) is 24.0 Å². The van der Waals surface area contributed by atoms with Gasteiger partial charge in [-0.1, -0.05) is 6.92 Å². The van der Waals surface area contributed by atoms with Gasteiger partial charge in [0.15, 0.2) is 5.96 Å². The van der Waals surface area contributed by atoms with E-state index < -0.39 is 0 Å². The molecule has 18 heavy (non-hydrogen) atoms.